The minimum Gasteiger partial charge on any atom is -0.316 e. The molecular formula is C16H24ClN3O3S. The average Bonchev–Trinajstić information content (AvgIpc) is 2.97. The number of rotatable bonds is 4. The minimum absolute atomic E-state index is 0. The summed E-state index contributed by atoms with van der Waals surface area (Å²) < 4.78 is 27.7. The van der Waals surface area contributed by atoms with E-state index in [0.29, 0.717) is 25.4 Å². The third-order valence-electron chi connectivity index (χ3n) is 4.60. The van der Waals surface area contributed by atoms with Crippen molar-refractivity contribution >= 4 is 34.0 Å². The Kier molecular flexibility index (Phi) is 6.25. The van der Waals surface area contributed by atoms with Crippen molar-refractivity contribution in [2.24, 2.45) is 5.92 Å². The molecule has 1 aromatic rings. The topological polar surface area (TPSA) is 78.5 Å². The standard InChI is InChI=1S/C16H23N3O3S.ClH/c1-12(20)19-8-6-14-9-15(4-5-16(14)19)23(21,22)18-11-13-3-2-7-17-10-13;/h4-5,9,13,17-18H,2-3,6-8,10-11H2,1H3;1H. The highest BCUT2D eigenvalue weighted by atomic mass is 35.5. The maximum atomic E-state index is 12.5. The molecule has 3 rings (SSSR count). The zero-order valence-electron chi connectivity index (χ0n) is 13.7. The van der Waals surface area contributed by atoms with Crippen molar-refractivity contribution in [1.82, 2.24) is 10.0 Å². The first kappa shape index (κ1) is 19.2. The largest absolute Gasteiger partial charge is 0.316 e. The number of hydrogen-bond acceptors (Lipinski definition) is 4. The second-order valence-corrected chi connectivity index (χ2v) is 8.04. The first-order chi connectivity index (χ1) is 11.0. The third kappa shape index (κ3) is 4.08. The van der Waals surface area contributed by atoms with E-state index in [2.05, 4.69) is 10.0 Å². The Morgan fingerprint density at radius 3 is 2.88 bits per heavy atom. The van der Waals surface area contributed by atoms with Gasteiger partial charge < -0.3 is 10.2 Å². The van der Waals surface area contributed by atoms with E-state index in [9.17, 15) is 13.2 Å². The molecule has 8 heteroatoms. The molecule has 24 heavy (non-hydrogen) atoms. The van der Waals surface area contributed by atoms with E-state index >= 15 is 0 Å². The number of sulfonamides is 1. The molecule has 2 aliphatic heterocycles. The zero-order chi connectivity index (χ0) is 16.4. The van der Waals surface area contributed by atoms with Crippen LogP contribution < -0.4 is 14.9 Å². The smallest absolute Gasteiger partial charge is 0.240 e. The van der Waals surface area contributed by atoms with E-state index < -0.39 is 10.0 Å². The predicted molar refractivity (Wildman–Crippen MR) is 96.2 cm³/mol. The summed E-state index contributed by atoms with van der Waals surface area (Å²) in [4.78, 5) is 13.5. The lowest BCUT2D eigenvalue weighted by Gasteiger charge is -2.23. The lowest BCUT2D eigenvalue weighted by atomic mass is 10.0. The molecule has 0 aromatic heterocycles. The Morgan fingerprint density at radius 2 is 2.21 bits per heavy atom. The van der Waals surface area contributed by atoms with Crippen molar-refractivity contribution in [1.29, 1.82) is 0 Å². The number of piperidine rings is 1. The molecule has 1 aromatic carbocycles. The van der Waals surface area contributed by atoms with Crippen LogP contribution >= 0.6 is 12.4 Å². The van der Waals surface area contributed by atoms with Crippen LogP contribution in [0.25, 0.3) is 0 Å². The van der Waals surface area contributed by atoms with Crippen LogP contribution in [-0.4, -0.2) is 40.5 Å². The van der Waals surface area contributed by atoms with Crippen LogP contribution in [0.2, 0.25) is 0 Å². The first-order valence-electron chi connectivity index (χ1n) is 8.09. The Morgan fingerprint density at radius 1 is 1.42 bits per heavy atom. The second-order valence-electron chi connectivity index (χ2n) is 6.28. The molecule has 2 N–H and O–H groups in total. The molecule has 2 aliphatic rings. The third-order valence-corrected chi connectivity index (χ3v) is 6.02. The van der Waals surface area contributed by atoms with Gasteiger partial charge in [-0.1, -0.05) is 0 Å². The van der Waals surface area contributed by atoms with Crippen LogP contribution in [0.3, 0.4) is 0 Å². The molecule has 2 heterocycles. The van der Waals surface area contributed by atoms with E-state index in [0.717, 1.165) is 37.2 Å². The quantitative estimate of drug-likeness (QED) is 0.833. The average molecular weight is 374 g/mol. The van der Waals surface area contributed by atoms with Gasteiger partial charge in [-0.2, -0.15) is 0 Å². The maximum absolute atomic E-state index is 12.5. The summed E-state index contributed by atoms with van der Waals surface area (Å²) >= 11 is 0. The summed E-state index contributed by atoms with van der Waals surface area (Å²) in [7, 11) is -3.50. The molecule has 1 atom stereocenters. The van der Waals surface area contributed by atoms with Gasteiger partial charge in [0.05, 0.1) is 4.90 Å². The Balaban J connectivity index is 0.00000208. The number of carbonyl (C=O) groups is 1. The van der Waals surface area contributed by atoms with E-state index in [1.807, 2.05) is 0 Å². The highest BCUT2D eigenvalue weighted by Gasteiger charge is 2.25. The highest BCUT2D eigenvalue weighted by Crippen LogP contribution is 2.30. The Labute approximate surface area is 149 Å². The summed E-state index contributed by atoms with van der Waals surface area (Å²) in [6.07, 6.45) is 2.84. The summed E-state index contributed by atoms with van der Waals surface area (Å²) in [6, 6.07) is 5.02. The molecule has 134 valence electrons. The number of halogens is 1. The lowest BCUT2D eigenvalue weighted by Crippen LogP contribution is -2.38. The van der Waals surface area contributed by atoms with Crippen molar-refractivity contribution < 1.29 is 13.2 Å². The molecule has 1 unspecified atom stereocenters. The first-order valence-corrected chi connectivity index (χ1v) is 9.57. The van der Waals surface area contributed by atoms with Gasteiger partial charge in [-0.05, 0) is 62.0 Å². The summed E-state index contributed by atoms with van der Waals surface area (Å²) in [5.41, 5.74) is 1.75. The van der Waals surface area contributed by atoms with Gasteiger partial charge in [-0.25, -0.2) is 13.1 Å². The number of benzene rings is 1. The molecular weight excluding hydrogens is 350 g/mol. The number of nitrogens with zero attached hydrogens (tertiary/aromatic N) is 1. The van der Waals surface area contributed by atoms with Crippen LogP contribution in [0, 0.1) is 5.92 Å². The van der Waals surface area contributed by atoms with Gasteiger partial charge in [-0.15, -0.1) is 12.4 Å². The Hall–Kier alpha value is -1.15. The molecule has 0 radical (unpaired) electrons. The number of hydrogen-bond donors (Lipinski definition) is 2. The molecule has 1 amide bonds. The molecule has 0 saturated carbocycles. The molecule has 0 bridgehead atoms. The highest BCUT2D eigenvalue weighted by molar-refractivity contribution is 7.89. The summed E-state index contributed by atoms with van der Waals surface area (Å²) in [5, 5.41) is 3.29. The number of anilines is 1. The molecule has 0 spiro atoms. The zero-order valence-corrected chi connectivity index (χ0v) is 15.4. The monoisotopic (exact) mass is 373 g/mol. The summed E-state index contributed by atoms with van der Waals surface area (Å²) in [5.74, 6) is 0.337. The van der Waals surface area contributed by atoms with E-state index in [1.54, 1.807) is 23.1 Å². The minimum atomic E-state index is -3.50. The Bertz CT molecular complexity index is 703. The fourth-order valence-corrected chi connectivity index (χ4v) is 4.45. The van der Waals surface area contributed by atoms with Gasteiger partial charge in [0.15, 0.2) is 0 Å². The summed E-state index contributed by atoms with van der Waals surface area (Å²) in [6.45, 7) is 4.49. The van der Waals surface area contributed by atoms with Gasteiger partial charge in [-0.3, -0.25) is 4.79 Å². The molecule has 1 saturated heterocycles. The van der Waals surface area contributed by atoms with Crippen LogP contribution in [0.4, 0.5) is 5.69 Å². The fourth-order valence-electron chi connectivity index (χ4n) is 3.28. The fraction of sp³-hybridized carbons (Fsp3) is 0.562. The second kappa shape index (κ2) is 7.82. The van der Waals surface area contributed by atoms with Crippen molar-refractivity contribution in [3.05, 3.63) is 23.8 Å². The number of nitrogens with one attached hydrogen (secondary N) is 2. The number of amides is 1. The van der Waals surface area contributed by atoms with Crippen molar-refractivity contribution in [2.45, 2.75) is 31.1 Å². The molecule has 0 aliphatic carbocycles. The SMILES string of the molecule is CC(=O)N1CCc2cc(S(=O)(=O)NCC3CCCNC3)ccc21.Cl. The van der Waals surface area contributed by atoms with Crippen molar-refractivity contribution in [3.8, 4) is 0 Å². The number of carbonyl (C=O) groups excluding carboxylic acids is 1. The van der Waals surface area contributed by atoms with E-state index in [-0.39, 0.29) is 23.2 Å². The normalized spacial score (nSPS) is 20.4. The lowest BCUT2D eigenvalue weighted by molar-refractivity contribution is -0.116. The van der Waals surface area contributed by atoms with Gasteiger partial charge >= 0.3 is 0 Å². The van der Waals surface area contributed by atoms with Crippen LogP contribution in [-0.2, 0) is 21.2 Å². The predicted octanol–water partition coefficient (Wildman–Crippen LogP) is 1.30. The van der Waals surface area contributed by atoms with Gasteiger partial charge in [0.25, 0.3) is 0 Å². The molecule has 1 fully saturated rings. The maximum Gasteiger partial charge on any atom is 0.240 e. The molecule has 6 nitrogen and oxygen atoms in total. The van der Waals surface area contributed by atoms with Crippen molar-refractivity contribution in [2.75, 3.05) is 31.1 Å². The van der Waals surface area contributed by atoms with Crippen LogP contribution in [0.1, 0.15) is 25.3 Å². The van der Waals surface area contributed by atoms with Crippen LogP contribution in [0.5, 0.6) is 0 Å². The van der Waals surface area contributed by atoms with Crippen LogP contribution in [0.15, 0.2) is 23.1 Å². The van der Waals surface area contributed by atoms with Gasteiger partial charge in [0.1, 0.15) is 0 Å². The van der Waals surface area contributed by atoms with Gasteiger partial charge in [0, 0.05) is 25.7 Å². The van der Waals surface area contributed by atoms with Gasteiger partial charge in [0.2, 0.25) is 15.9 Å². The van der Waals surface area contributed by atoms with E-state index in [4.69, 9.17) is 0 Å². The number of fused-ring (bicyclic) bond motifs is 1. The van der Waals surface area contributed by atoms with Crippen molar-refractivity contribution in [3.63, 3.8) is 0 Å². The van der Waals surface area contributed by atoms with E-state index in [1.165, 1.54) is 6.92 Å².